The van der Waals surface area contributed by atoms with Crippen molar-refractivity contribution in [1.82, 2.24) is 19.8 Å². The van der Waals surface area contributed by atoms with Crippen LogP contribution < -0.4 is 20.9 Å². The molecule has 2 aliphatic rings. The topological polar surface area (TPSA) is 126 Å². The molecule has 48 heavy (non-hydrogen) atoms. The van der Waals surface area contributed by atoms with E-state index >= 15 is 0 Å². The first kappa shape index (κ1) is 30.9. The molecule has 2 aliphatic heterocycles. The Morgan fingerprint density at radius 1 is 0.854 bits per heavy atom. The van der Waals surface area contributed by atoms with Crippen molar-refractivity contribution in [3.05, 3.63) is 114 Å². The lowest BCUT2D eigenvalue weighted by atomic mass is 9.99. The van der Waals surface area contributed by atoms with Gasteiger partial charge in [-0.2, -0.15) is 0 Å². The molecule has 5 aromatic rings. The highest BCUT2D eigenvalue weighted by atomic mass is 16.2. The number of aromatic nitrogens is 2. The number of anilines is 4. The summed E-state index contributed by atoms with van der Waals surface area (Å²) in [7, 11) is 3.90. The fraction of sp³-hybridized carbons (Fsp3) is 0.189. The predicted molar refractivity (Wildman–Crippen MR) is 190 cm³/mol. The highest BCUT2D eigenvalue weighted by Crippen LogP contribution is 2.39. The normalized spacial score (nSPS) is 15.9. The van der Waals surface area contributed by atoms with Crippen molar-refractivity contribution in [3.63, 3.8) is 0 Å². The number of para-hydroxylation sites is 2. The number of benzene rings is 4. The van der Waals surface area contributed by atoms with Crippen molar-refractivity contribution in [1.29, 1.82) is 0 Å². The number of fused-ring (bicyclic) bond motifs is 2. The molecule has 242 valence electrons. The number of piperazine rings is 1. The number of rotatable bonds is 8. The van der Waals surface area contributed by atoms with Crippen LogP contribution in [0.25, 0.3) is 22.3 Å². The summed E-state index contributed by atoms with van der Waals surface area (Å²) in [6.07, 6.45) is 0. The molecule has 3 heterocycles. The molecule has 4 aromatic carbocycles. The van der Waals surface area contributed by atoms with Gasteiger partial charge in [0.1, 0.15) is 0 Å². The maximum atomic E-state index is 13.5. The van der Waals surface area contributed by atoms with Crippen molar-refractivity contribution >= 4 is 62.8 Å². The number of hydrogen-bond acceptors (Lipinski definition) is 7. The van der Waals surface area contributed by atoms with E-state index in [1.165, 1.54) is 0 Å². The van der Waals surface area contributed by atoms with Gasteiger partial charge < -0.3 is 30.7 Å². The lowest BCUT2D eigenvalue weighted by Gasteiger charge is -2.32. The third kappa shape index (κ3) is 6.41. The lowest BCUT2D eigenvalue weighted by molar-refractivity contribution is -0.119. The van der Waals surface area contributed by atoms with Gasteiger partial charge in [0.15, 0.2) is 5.82 Å². The molecule has 0 unspecified atom stereocenters. The second-order valence-corrected chi connectivity index (χ2v) is 12.1. The summed E-state index contributed by atoms with van der Waals surface area (Å²) in [6.45, 7) is 4.06. The fourth-order valence-corrected chi connectivity index (χ4v) is 5.99. The maximum absolute atomic E-state index is 13.5. The third-order valence-corrected chi connectivity index (χ3v) is 8.79. The van der Waals surface area contributed by atoms with E-state index in [2.05, 4.69) is 42.8 Å². The molecule has 11 nitrogen and oxygen atoms in total. The van der Waals surface area contributed by atoms with Crippen LogP contribution in [-0.4, -0.2) is 84.3 Å². The Labute approximate surface area is 278 Å². The van der Waals surface area contributed by atoms with E-state index in [9.17, 15) is 14.4 Å². The van der Waals surface area contributed by atoms with Gasteiger partial charge in [0, 0.05) is 55.9 Å². The number of amides is 3. The van der Waals surface area contributed by atoms with E-state index in [1.54, 1.807) is 24.1 Å². The fourth-order valence-electron chi connectivity index (χ4n) is 5.99. The van der Waals surface area contributed by atoms with Gasteiger partial charge in [0.2, 0.25) is 5.91 Å². The van der Waals surface area contributed by atoms with Crippen LogP contribution in [0.1, 0.15) is 21.7 Å². The summed E-state index contributed by atoms with van der Waals surface area (Å²) in [5, 5.41) is 9.32. The number of H-pyrrole nitrogens is 1. The molecule has 0 atom stereocenters. The Balaban J connectivity index is 1.11. The number of carbonyl (C=O) groups is 3. The van der Waals surface area contributed by atoms with E-state index in [0.29, 0.717) is 40.3 Å². The first-order valence-corrected chi connectivity index (χ1v) is 15.9. The molecule has 4 N–H and O–H groups in total. The quantitative estimate of drug-likeness (QED) is 0.177. The van der Waals surface area contributed by atoms with E-state index in [1.807, 2.05) is 84.9 Å². The van der Waals surface area contributed by atoms with Gasteiger partial charge in [-0.15, -0.1) is 0 Å². The van der Waals surface area contributed by atoms with Crippen LogP contribution in [0.3, 0.4) is 0 Å². The van der Waals surface area contributed by atoms with E-state index in [-0.39, 0.29) is 23.5 Å². The largest absolute Gasteiger partial charge is 0.354 e. The summed E-state index contributed by atoms with van der Waals surface area (Å²) < 4.78 is 0. The molecule has 3 amide bonds. The molecule has 11 heteroatoms. The van der Waals surface area contributed by atoms with Gasteiger partial charge in [-0.05, 0) is 67.2 Å². The van der Waals surface area contributed by atoms with Gasteiger partial charge in [-0.1, -0.05) is 42.5 Å². The van der Waals surface area contributed by atoms with Gasteiger partial charge in [0.05, 0.1) is 34.5 Å². The summed E-state index contributed by atoms with van der Waals surface area (Å²) >= 11 is 0. The van der Waals surface area contributed by atoms with Gasteiger partial charge in [-0.3, -0.25) is 19.3 Å². The maximum Gasteiger partial charge on any atom is 0.291 e. The van der Waals surface area contributed by atoms with Crippen LogP contribution in [0.15, 0.2) is 97.1 Å². The van der Waals surface area contributed by atoms with Crippen molar-refractivity contribution in [2.45, 2.75) is 0 Å². The molecule has 1 aromatic heterocycles. The molecule has 0 spiro atoms. The number of aromatic amines is 1. The SMILES string of the molecule is CN1CCN(CC(=O)N(C)c2ccc(N/C(=C3\C(=O)Nc4cc(NC(=O)c5nc6ccccc6[nH]5)ccc43)c3ccccc3)cc2)CC1. The van der Waals surface area contributed by atoms with Crippen molar-refractivity contribution in [2.75, 3.05) is 67.7 Å². The Morgan fingerprint density at radius 2 is 1.56 bits per heavy atom. The third-order valence-electron chi connectivity index (χ3n) is 8.79. The van der Waals surface area contributed by atoms with Crippen LogP contribution in [0, 0.1) is 0 Å². The lowest BCUT2D eigenvalue weighted by Crippen LogP contribution is -2.48. The first-order chi connectivity index (χ1) is 23.3. The smallest absolute Gasteiger partial charge is 0.291 e. The average Bonchev–Trinajstić information content (AvgIpc) is 3.69. The molecular formula is C37H36N8O3. The van der Waals surface area contributed by atoms with E-state index in [0.717, 1.165) is 48.6 Å². The highest BCUT2D eigenvalue weighted by molar-refractivity contribution is 6.37. The Hall–Kier alpha value is -5.78. The average molecular weight is 641 g/mol. The zero-order valence-electron chi connectivity index (χ0n) is 26.8. The summed E-state index contributed by atoms with van der Waals surface area (Å²) in [5.41, 5.74) is 6.80. The second kappa shape index (κ2) is 13.1. The summed E-state index contributed by atoms with van der Waals surface area (Å²) in [5.74, 6) is -0.399. The van der Waals surface area contributed by atoms with Crippen molar-refractivity contribution < 1.29 is 14.4 Å². The highest BCUT2D eigenvalue weighted by Gasteiger charge is 2.29. The molecule has 0 saturated carbocycles. The van der Waals surface area contributed by atoms with Gasteiger partial charge in [0.25, 0.3) is 11.8 Å². The molecule has 1 fully saturated rings. The van der Waals surface area contributed by atoms with Crippen LogP contribution in [0.4, 0.5) is 22.7 Å². The monoisotopic (exact) mass is 640 g/mol. The zero-order chi connectivity index (χ0) is 33.2. The predicted octanol–water partition coefficient (Wildman–Crippen LogP) is 4.96. The van der Waals surface area contributed by atoms with Gasteiger partial charge in [-0.25, -0.2) is 4.98 Å². The van der Waals surface area contributed by atoms with Crippen LogP contribution >= 0.6 is 0 Å². The van der Waals surface area contributed by atoms with Crippen LogP contribution in [-0.2, 0) is 9.59 Å². The first-order valence-electron chi connectivity index (χ1n) is 15.9. The van der Waals surface area contributed by atoms with Crippen LogP contribution in [0.2, 0.25) is 0 Å². The minimum absolute atomic E-state index is 0.0414. The number of likely N-dealkylation sites (N-methyl/N-ethyl adjacent to an activating group) is 2. The number of hydrogen-bond donors (Lipinski definition) is 4. The van der Waals surface area contributed by atoms with Crippen molar-refractivity contribution in [3.8, 4) is 0 Å². The van der Waals surface area contributed by atoms with Crippen LogP contribution in [0.5, 0.6) is 0 Å². The van der Waals surface area contributed by atoms with Gasteiger partial charge >= 0.3 is 0 Å². The summed E-state index contributed by atoms with van der Waals surface area (Å²) in [6, 6.07) is 30.1. The molecule has 0 bridgehead atoms. The molecule has 1 saturated heterocycles. The molecular weight excluding hydrogens is 604 g/mol. The minimum atomic E-state index is -0.381. The minimum Gasteiger partial charge on any atom is -0.354 e. The van der Waals surface area contributed by atoms with E-state index in [4.69, 9.17) is 0 Å². The number of imidazole rings is 1. The molecule has 7 rings (SSSR count). The Kier molecular flexibility index (Phi) is 8.45. The van der Waals surface area contributed by atoms with Crippen molar-refractivity contribution in [2.24, 2.45) is 0 Å². The molecule has 0 aliphatic carbocycles. The standard InChI is InChI=1S/C37H36N8O3/c1-43-18-20-45(21-19-43)23-32(46)44(2)27-15-12-25(13-16-27)38-34(24-8-4-3-5-9-24)33-28-17-14-26(22-31(28)42-36(33)47)39-37(48)35-40-29-10-6-7-11-30(29)41-35/h3-17,22,38H,18-21,23H2,1-2H3,(H,39,48)(H,40,41)(H,42,47)/b34-33-. The number of nitrogens with zero attached hydrogens (tertiary/aromatic N) is 4. The zero-order valence-corrected chi connectivity index (χ0v) is 26.8. The number of nitrogens with one attached hydrogen (secondary N) is 4. The second-order valence-electron chi connectivity index (χ2n) is 12.1. The number of carbonyl (C=O) groups excluding carboxylic acids is 3. The Morgan fingerprint density at radius 3 is 2.31 bits per heavy atom. The van der Waals surface area contributed by atoms with E-state index < -0.39 is 0 Å². The Bertz CT molecular complexity index is 2000. The molecule has 0 radical (unpaired) electrons. The summed E-state index contributed by atoms with van der Waals surface area (Å²) in [4.78, 5) is 53.1.